The van der Waals surface area contributed by atoms with Crippen molar-refractivity contribution in [2.24, 2.45) is 0 Å². The second-order valence-corrected chi connectivity index (χ2v) is 5.43. The number of nitrogens with one attached hydrogen (secondary N) is 1. The van der Waals surface area contributed by atoms with Crippen LogP contribution in [0.2, 0.25) is 0 Å². The molecule has 1 aromatic carbocycles. The number of hydrogen-bond acceptors (Lipinski definition) is 4. The van der Waals surface area contributed by atoms with Crippen molar-refractivity contribution in [2.75, 3.05) is 18.9 Å². The van der Waals surface area contributed by atoms with Gasteiger partial charge in [-0.05, 0) is 45.0 Å². The van der Waals surface area contributed by atoms with E-state index in [0.29, 0.717) is 5.69 Å². The zero-order valence-corrected chi connectivity index (χ0v) is 12.1. The van der Waals surface area contributed by atoms with Crippen molar-refractivity contribution < 1.29 is 19.4 Å². The quantitative estimate of drug-likeness (QED) is 0.832. The molecule has 1 rings (SSSR count). The topological polar surface area (TPSA) is 78.9 Å². The number of amides is 2. The highest BCUT2D eigenvalue weighted by atomic mass is 16.6. The van der Waals surface area contributed by atoms with Crippen LogP contribution in [-0.2, 0) is 9.53 Å². The number of carbonyl (C=O) groups is 2. The number of nitrogens with zero attached hydrogens (tertiary/aromatic N) is 1. The van der Waals surface area contributed by atoms with Gasteiger partial charge in [-0.1, -0.05) is 0 Å². The van der Waals surface area contributed by atoms with Gasteiger partial charge in [0, 0.05) is 12.7 Å². The van der Waals surface area contributed by atoms with E-state index in [4.69, 9.17) is 9.84 Å². The van der Waals surface area contributed by atoms with Gasteiger partial charge in [-0.15, -0.1) is 0 Å². The Labute approximate surface area is 118 Å². The van der Waals surface area contributed by atoms with Crippen LogP contribution in [-0.4, -0.2) is 41.2 Å². The fourth-order valence-corrected chi connectivity index (χ4v) is 1.37. The minimum Gasteiger partial charge on any atom is -0.508 e. The standard InChI is InChI=1S/C14H20N2O4/c1-14(2,3)20-13(19)16(4)9-12(18)15-10-5-7-11(17)8-6-10/h5-8,17H,9H2,1-4H3,(H,15,18). The van der Waals surface area contributed by atoms with Crippen LogP contribution in [0, 0.1) is 0 Å². The average Bonchev–Trinajstić information content (AvgIpc) is 2.29. The Kier molecular flexibility index (Phi) is 4.96. The molecule has 1 aromatic rings. The molecule has 6 nitrogen and oxygen atoms in total. The van der Waals surface area contributed by atoms with E-state index >= 15 is 0 Å². The summed E-state index contributed by atoms with van der Waals surface area (Å²) in [6.07, 6.45) is -0.557. The zero-order valence-electron chi connectivity index (χ0n) is 12.1. The van der Waals surface area contributed by atoms with Crippen molar-refractivity contribution in [3.8, 4) is 5.75 Å². The Balaban J connectivity index is 2.49. The molecule has 0 aliphatic carbocycles. The van der Waals surface area contributed by atoms with Gasteiger partial charge in [0.2, 0.25) is 5.91 Å². The van der Waals surface area contributed by atoms with E-state index in [2.05, 4.69) is 5.32 Å². The molecule has 0 unspecified atom stereocenters. The predicted molar refractivity (Wildman–Crippen MR) is 75.6 cm³/mol. The molecule has 110 valence electrons. The van der Waals surface area contributed by atoms with Gasteiger partial charge in [0.15, 0.2) is 0 Å². The third-order valence-corrected chi connectivity index (χ3v) is 2.24. The van der Waals surface area contributed by atoms with Crippen molar-refractivity contribution in [1.82, 2.24) is 4.90 Å². The van der Waals surface area contributed by atoms with Crippen LogP contribution in [0.5, 0.6) is 5.75 Å². The first kappa shape index (κ1) is 15.8. The van der Waals surface area contributed by atoms with Gasteiger partial charge in [0.1, 0.15) is 17.9 Å². The fraction of sp³-hybridized carbons (Fsp3) is 0.429. The average molecular weight is 280 g/mol. The summed E-state index contributed by atoms with van der Waals surface area (Å²) in [5.74, 6) is -0.224. The van der Waals surface area contributed by atoms with Gasteiger partial charge in [0.05, 0.1) is 0 Å². The minimum absolute atomic E-state index is 0.115. The summed E-state index contributed by atoms with van der Waals surface area (Å²) in [5, 5.41) is 11.8. The summed E-state index contributed by atoms with van der Waals surface area (Å²) in [4.78, 5) is 24.6. The Bertz CT molecular complexity index is 477. The van der Waals surface area contributed by atoms with Gasteiger partial charge in [-0.25, -0.2) is 4.79 Å². The van der Waals surface area contributed by atoms with E-state index in [9.17, 15) is 9.59 Å². The molecular formula is C14H20N2O4. The Morgan fingerprint density at radius 2 is 1.80 bits per heavy atom. The molecule has 2 N–H and O–H groups in total. The van der Waals surface area contributed by atoms with Crippen molar-refractivity contribution >= 4 is 17.7 Å². The molecule has 0 aromatic heterocycles. The van der Waals surface area contributed by atoms with Crippen molar-refractivity contribution in [3.63, 3.8) is 0 Å². The van der Waals surface area contributed by atoms with Gasteiger partial charge in [-0.2, -0.15) is 0 Å². The first-order chi connectivity index (χ1) is 9.17. The lowest BCUT2D eigenvalue weighted by Crippen LogP contribution is -2.38. The Hall–Kier alpha value is -2.24. The van der Waals surface area contributed by atoms with E-state index in [1.165, 1.54) is 24.1 Å². The van der Waals surface area contributed by atoms with E-state index in [0.717, 1.165) is 0 Å². The number of phenolic OH excluding ortho intramolecular Hbond substituents is 1. The number of carbonyl (C=O) groups excluding carboxylic acids is 2. The molecule has 0 fully saturated rings. The number of hydrogen-bond donors (Lipinski definition) is 2. The first-order valence-corrected chi connectivity index (χ1v) is 6.20. The molecular weight excluding hydrogens is 260 g/mol. The first-order valence-electron chi connectivity index (χ1n) is 6.20. The Morgan fingerprint density at radius 3 is 2.30 bits per heavy atom. The molecule has 0 heterocycles. The Morgan fingerprint density at radius 1 is 1.25 bits per heavy atom. The van der Waals surface area contributed by atoms with E-state index in [-0.39, 0.29) is 18.2 Å². The highest BCUT2D eigenvalue weighted by Gasteiger charge is 2.21. The second kappa shape index (κ2) is 6.27. The summed E-state index contributed by atoms with van der Waals surface area (Å²) < 4.78 is 5.14. The molecule has 0 aliphatic rings. The van der Waals surface area contributed by atoms with E-state index in [1.807, 2.05) is 0 Å². The van der Waals surface area contributed by atoms with E-state index < -0.39 is 11.7 Å². The van der Waals surface area contributed by atoms with Gasteiger partial charge in [-0.3, -0.25) is 4.79 Å². The van der Waals surface area contributed by atoms with Crippen molar-refractivity contribution in [3.05, 3.63) is 24.3 Å². The second-order valence-electron chi connectivity index (χ2n) is 5.43. The largest absolute Gasteiger partial charge is 0.508 e. The molecule has 0 radical (unpaired) electrons. The van der Waals surface area contributed by atoms with Gasteiger partial charge in [0.25, 0.3) is 0 Å². The highest BCUT2D eigenvalue weighted by Crippen LogP contribution is 2.14. The number of rotatable bonds is 3. The summed E-state index contributed by atoms with van der Waals surface area (Å²) in [5.41, 5.74) is -0.0518. The number of ether oxygens (including phenoxy) is 1. The summed E-state index contributed by atoms with van der Waals surface area (Å²) in [6, 6.07) is 6.07. The number of anilines is 1. The zero-order chi connectivity index (χ0) is 15.3. The van der Waals surface area contributed by atoms with Crippen LogP contribution < -0.4 is 5.32 Å². The van der Waals surface area contributed by atoms with Crippen LogP contribution >= 0.6 is 0 Å². The predicted octanol–water partition coefficient (Wildman–Crippen LogP) is 2.20. The third kappa shape index (κ3) is 5.60. The molecule has 0 saturated heterocycles. The SMILES string of the molecule is CN(CC(=O)Nc1ccc(O)cc1)C(=O)OC(C)(C)C. The lowest BCUT2D eigenvalue weighted by molar-refractivity contribution is -0.117. The highest BCUT2D eigenvalue weighted by molar-refractivity contribution is 5.93. The lowest BCUT2D eigenvalue weighted by Gasteiger charge is -2.24. The van der Waals surface area contributed by atoms with Crippen LogP contribution in [0.1, 0.15) is 20.8 Å². The van der Waals surface area contributed by atoms with Gasteiger partial charge < -0.3 is 20.1 Å². The van der Waals surface area contributed by atoms with Gasteiger partial charge >= 0.3 is 6.09 Å². The monoisotopic (exact) mass is 280 g/mol. The number of aromatic hydroxyl groups is 1. The maximum Gasteiger partial charge on any atom is 0.410 e. The third-order valence-electron chi connectivity index (χ3n) is 2.24. The minimum atomic E-state index is -0.598. The molecule has 0 saturated carbocycles. The summed E-state index contributed by atoms with van der Waals surface area (Å²) in [6.45, 7) is 5.16. The molecule has 6 heteroatoms. The summed E-state index contributed by atoms with van der Waals surface area (Å²) in [7, 11) is 1.49. The molecule has 0 aliphatic heterocycles. The molecule has 2 amide bonds. The normalized spacial score (nSPS) is 10.8. The van der Waals surface area contributed by atoms with Crippen LogP contribution in [0.4, 0.5) is 10.5 Å². The van der Waals surface area contributed by atoms with Crippen LogP contribution in [0.3, 0.4) is 0 Å². The van der Waals surface area contributed by atoms with Crippen LogP contribution in [0.15, 0.2) is 24.3 Å². The van der Waals surface area contributed by atoms with Crippen molar-refractivity contribution in [2.45, 2.75) is 26.4 Å². The fourth-order valence-electron chi connectivity index (χ4n) is 1.37. The number of benzene rings is 1. The maximum absolute atomic E-state index is 11.8. The molecule has 0 spiro atoms. The van der Waals surface area contributed by atoms with Crippen LogP contribution in [0.25, 0.3) is 0 Å². The smallest absolute Gasteiger partial charge is 0.410 e. The molecule has 20 heavy (non-hydrogen) atoms. The summed E-state index contributed by atoms with van der Waals surface area (Å²) >= 11 is 0. The number of likely N-dealkylation sites (N-methyl/N-ethyl adjacent to an activating group) is 1. The van der Waals surface area contributed by atoms with Crippen molar-refractivity contribution in [1.29, 1.82) is 0 Å². The van der Waals surface area contributed by atoms with E-state index in [1.54, 1.807) is 32.9 Å². The maximum atomic E-state index is 11.8. The molecule has 0 atom stereocenters. The lowest BCUT2D eigenvalue weighted by atomic mass is 10.2. The number of phenols is 1. The molecule has 0 bridgehead atoms.